The first-order valence-corrected chi connectivity index (χ1v) is 9.21. The summed E-state index contributed by atoms with van der Waals surface area (Å²) in [6.45, 7) is 3.63. The smallest absolute Gasteiger partial charge is 0.407 e. The Balaban J connectivity index is 1.94. The van der Waals surface area contributed by atoms with Gasteiger partial charge in [-0.3, -0.25) is 0 Å². The normalized spacial score (nSPS) is 19.7. The van der Waals surface area contributed by atoms with E-state index in [1.807, 2.05) is 19.9 Å². The van der Waals surface area contributed by atoms with Crippen LogP contribution in [0.4, 0.5) is 4.79 Å². The van der Waals surface area contributed by atoms with Crippen LogP contribution >= 0.6 is 11.6 Å². The van der Waals surface area contributed by atoms with Crippen LogP contribution in [0.2, 0.25) is 5.15 Å². The molecular weight excluding hydrogens is 354 g/mol. The molecule has 1 fully saturated rings. The van der Waals surface area contributed by atoms with Gasteiger partial charge < -0.3 is 15.5 Å². The lowest BCUT2D eigenvalue weighted by Gasteiger charge is -2.32. The fourth-order valence-electron chi connectivity index (χ4n) is 3.21. The number of alkyl carbamates (subject to hydrolysis) is 1. The third-order valence-corrected chi connectivity index (χ3v) is 4.61. The van der Waals surface area contributed by atoms with E-state index in [1.165, 1.54) is 6.20 Å². The zero-order valence-corrected chi connectivity index (χ0v) is 15.8. The monoisotopic (exact) mass is 377 g/mol. The van der Waals surface area contributed by atoms with Gasteiger partial charge in [0.2, 0.25) is 0 Å². The highest BCUT2D eigenvalue weighted by Gasteiger charge is 2.28. The Labute approximate surface area is 158 Å². The van der Waals surface area contributed by atoms with Gasteiger partial charge in [0.25, 0.3) is 0 Å². The summed E-state index contributed by atoms with van der Waals surface area (Å²) in [7, 11) is 0. The van der Waals surface area contributed by atoms with Gasteiger partial charge in [0.15, 0.2) is 10.8 Å². The molecule has 2 unspecified atom stereocenters. The molecule has 2 atom stereocenters. The molecule has 7 nitrogen and oxygen atoms in total. The van der Waals surface area contributed by atoms with Gasteiger partial charge in [-0.1, -0.05) is 24.4 Å². The molecular formula is C18H24ClN5O2. The van der Waals surface area contributed by atoms with E-state index in [1.54, 1.807) is 0 Å². The Morgan fingerprint density at radius 2 is 2.23 bits per heavy atom. The Hall–Kier alpha value is -2.20. The third kappa shape index (κ3) is 5.95. The van der Waals surface area contributed by atoms with Gasteiger partial charge in [-0.2, -0.15) is 5.26 Å². The molecule has 1 aliphatic carbocycles. The first-order valence-electron chi connectivity index (χ1n) is 8.84. The van der Waals surface area contributed by atoms with E-state index < -0.39 is 6.09 Å². The molecule has 1 amide bonds. The van der Waals surface area contributed by atoms with Crippen molar-refractivity contribution >= 4 is 23.4 Å². The van der Waals surface area contributed by atoms with Crippen LogP contribution in [0, 0.1) is 22.7 Å². The minimum Gasteiger partial charge on any atom is -0.447 e. The molecule has 1 aromatic heterocycles. The number of carbonyl (C=O) groups excluding carboxylic acids is 1. The molecule has 0 aromatic carbocycles. The molecule has 1 aliphatic rings. The number of hydrogen-bond donors (Lipinski definition) is 2. The highest BCUT2D eigenvalue weighted by molar-refractivity contribution is 6.30. The van der Waals surface area contributed by atoms with Crippen molar-refractivity contribution < 1.29 is 9.53 Å². The minimum absolute atomic E-state index is 0.0194. The third-order valence-electron chi connectivity index (χ3n) is 4.34. The fourth-order valence-corrected chi connectivity index (χ4v) is 3.41. The van der Waals surface area contributed by atoms with E-state index in [0.717, 1.165) is 25.7 Å². The first-order chi connectivity index (χ1) is 12.4. The molecule has 0 aliphatic heterocycles. The van der Waals surface area contributed by atoms with Crippen molar-refractivity contribution in [3.63, 3.8) is 0 Å². The van der Waals surface area contributed by atoms with E-state index in [4.69, 9.17) is 27.0 Å². The molecule has 26 heavy (non-hydrogen) atoms. The van der Waals surface area contributed by atoms with Gasteiger partial charge in [0.05, 0.1) is 18.0 Å². The number of nitrogens with one attached hydrogen (secondary N) is 2. The second-order valence-electron chi connectivity index (χ2n) is 6.85. The molecule has 0 saturated heterocycles. The van der Waals surface area contributed by atoms with Gasteiger partial charge in [0, 0.05) is 18.2 Å². The lowest BCUT2D eigenvalue weighted by atomic mass is 9.81. The number of aromatic nitrogens is 2. The summed E-state index contributed by atoms with van der Waals surface area (Å²) in [5, 5.41) is 20.1. The highest BCUT2D eigenvalue weighted by atomic mass is 35.5. The van der Waals surface area contributed by atoms with Crippen molar-refractivity contribution in [1.29, 1.82) is 10.7 Å². The quantitative estimate of drug-likeness (QED) is 0.735. The van der Waals surface area contributed by atoms with Gasteiger partial charge in [-0.15, -0.1) is 0 Å². The van der Waals surface area contributed by atoms with E-state index in [2.05, 4.69) is 15.3 Å². The summed E-state index contributed by atoms with van der Waals surface area (Å²) >= 11 is 5.90. The van der Waals surface area contributed by atoms with Gasteiger partial charge in [0.1, 0.15) is 6.07 Å². The Morgan fingerprint density at radius 1 is 1.50 bits per heavy atom. The van der Waals surface area contributed by atoms with E-state index >= 15 is 0 Å². The summed E-state index contributed by atoms with van der Waals surface area (Å²) in [6.07, 6.45) is 5.86. The predicted molar refractivity (Wildman–Crippen MR) is 98.3 cm³/mol. The molecule has 0 radical (unpaired) electrons. The number of rotatable bonds is 6. The van der Waals surface area contributed by atoms with Gasteiger partial charge in [-0.05, 0) is 39.0 Å². The van der Waals surface area contributed by atoms with Gasteiger partial charge >= 0.3 is 6.09 Å². The predicted octanol–water partition coefficient (Wildman–Crippen LogP) is 3.65. The van der Waals surface area contributed by atoms with Crippen molar-refractivity contribution in [3.05, 3.63) is 22.7 Å². The highest BCUT2D eigenvalue weighted by Crippen LogP contribution is 2.28. The Morgan fingerprint density at radius 3 is 2.88 bits per heavy atom. The molecule has 1 aromatic rings. The lowest BCUT2D eigenvalue weighted by Crippen LogP contribution is -2.43. The zero-order chi connectivity index (χ0) is 19.1. The average molecular weight is 378 g/mol. The molecule has 0 spiro atoms. The Bertz CT molecular complexity index is 701. The number of carbonyl (C=O) groups is 1. The standard InChI is InChI=1S/C18H24ClN5O2/c1-11(2)26-18(25)24-15-6-4-3-5-12(15)7-13(21)8-14-10-22-16(9-20)17(19)23-14/h10-12,15,21H,3-8H2,1-2H3,(H,24,25). The van der Waals surface area contributed by atoms with Gasteiger partial charge in [-0.25, -0.2) is 14.8 Å². The summed E-state index contributed by atoms with van der Waals surface area (Å²) in [4.78, 5) is 20.0. The molecule has 140 valence electrons. The maximum atomic E-state index is 11.9. The summed E-state index contributed by atoms with van der Waals surface area (Å²) in [5.74, 6) is 0.206. The topological polar surface area (TPSA) is 112 Å². The van der Waals surface area contributed by atoms with Crippen molar-refractivity contribution in [2.45, 2.75) is 64.5 Å². The number of hydrogen-bond acceptors (Lipinski definition) is 6. The molecule has 2 rings (SSSR count). The molecule has 2 N–H and O–H groups in total. The number of halogens is 1. The lowest BCUT2D eigenvalue weighted by molar-refractivity contribution is 0.105. The molecule has 1 heterocycles. The number of amides is 1. The summed E-state index contributed by atoms with van der Waals surface area (Å²) < 4.78 is 5.17. The van der Waals surface area contributed by atoms with Crippen LogP contribution in [0.5, 0.6) is 0 Å². The van der Waals surface area contributed by atoms with Crippen LogP contribution in [0.25, 0.3) is 0 Å². The minimum atomic E-state index is -0.395. The van der Waals surface area contributed by atoms with Crippen LogP contribution in [-0.2, 0) is 11.2 Å². The SMILES string of the molecule is CC(C)OC(=O)NC1CCCCC1CC(=N)Cc1cnc(C#N)c(Cl)n1. The number of nitriles is 1. The molecule has 1 saturated carbocycles. The fraction of sp³-hybridized carbons (Fsp3) is 0.611. The maximum Gasteiger partial charge on any atom is 0.407 e. The second kappa shape index (κ2) is 9.48. The largest absolute Gasteiger partial charge is 0.447 e. The Kier molecular flexibility index (Phi) is 7.34. The van der Waals surface area contributed by atoms with Crippen LogP contribution < -0.4 is 5.32 Å². The van der Waals surface area contributed by atoms with Crippen LogP contribution in [0.3, 0.4) is 0 Å². The average Bonchev–Trinajstić information content (AvgIpc) is 2.56. The second-order valence-corrected chi connectivity index (χ2v) is 7.20. The van der Waals surface area contributed by atoms with Crippen molar-refractivity contribution in [2.24, 2.45) is 5.92 Å². The van der Waals surface area contributed by atoms with Crippen LogP contribution in [-0.4, -0.2) is 33.9 Å². The summed E-state index contributed by atoms with van der Waals surface area (Å²) in [5.41, 5.74) is 1.16. The number of nitrogens with zero attached hydrogens (tertiary/aromatic N) is 3. The molecule has 8 heteroatoms. The van der Waals surface area contributed by atoms with Crippen molar-refractivity contribution in [1.82, 2.24) is 15.3 Å². The van der Waals surface area contributed by atoms with Crippen molar-refractivity contribution in [3.8, 4) is 6.07 Å². The van der Waals surface area contributed by atoms with Crippen LogP contribution in [0.15, 0.2) is 6.20 Å². The first kappa shape index (κ1) is 20.1. The molecule has 0 bridgehead atoms. The number of ether oxygens (including phenoxy) is 1. The summed E-state index contributed by atoms with van der Waals surface area (Å²) in [6, 6.07) is 1.89. The zero-order valence-electron chi connectivity index (χ0n) is 15.1. The van der Waals surface area contributed by atoms with E-state index in [-0.39, 0.29) is 28.9 Å². The van der Waals surface area contributed by atoms with Crippen molar-refractivity contribution in [2.75, 3.05) is 0 Å². The van der Waals surface area contributed by atoms with E-state index in [0.29, 0.717) is 24.2 Å². The van der Waals surface area contributed by atoms with E-state index in [9.17, 15) is 4.79 Å². The van der Waals surface area contributed by atoms with Crippen LogP contribution in [0.1, 0.15) is 57.3 Å². The maximum absolute atomic E-state index is 11.9.